The fourth-order valence-corrected chi connectivity index (χ4v) is 5.80. The van der Waals surface area contributed by atoms with Crippen LogP contribution in [0.1, 0.15) is 40.5 Å². The fourth-order valence-electron chi connectivity index (χ4n) is 5.80. The quantitative estimate of drug-likeness (QED) is 0.0164. The van der Waals surface area contributed by atoms with E-state index in [4.69, 9.17) is 47.4 Å². The van der Waals surface area contributed by atoms with Gasteiger partial charge in [-0.15, -0.1) is 0 Å². The number of carbonyl (C=O) groups is 6. The molecule has 0 radical (unpaired) electrons. The summed E-state index contributed by atoms with van der Waals surface area (Å²) in [6, 6.07) is 20.5. The van der Waals surface area contributed by atoms with Crippen LogP contribution in [-0.2, 0) is 47.7 Å². The van der Waals surface area contributed by atoms with Crippen molar-refractivity contribution in [3.8, 4) is 56.8 Å². The Morgan fingerprint density at radius 1 is 0.370 bits per heavy atom. The molecular weight excluding hydrogens is 948 g/mol. The van der Waals surface area contributed by atoms with Crippen LogP contribution in [0.15, 0.2) is 152 Å². The first-order chi connectivity index (χ1) is 34.7. The zero-order valence-corrected chi connectivity index (χ0v) is 41.2. The van der Waals surface area contributed by atoms with E-state index in [0.29, 0.717) is 33.9 Å². The molecule has 0 heterocycles. The van der Waals surface area contributed by atoms with E-state index in [2.05, 4.69) is 39.5 Å². The van der Waals surface area contributed by atoms with E-state index >= 15 is 4.39 Å². The standard InChI is InChI=1S/C56H57FO16/c1-34(2)51(58)68-23-19-64-45-27-42(40-13-16-44(17-14-40)72-53(60)36(5)6)28-46(32-45)66-21-25-70-55(62)38(9)11-12-39(10)56(63)71-26-22-67-48-30-43(29-47(33-48)65-20-24-69-52(59)35(3)4)41-15-18-50(49(57)31-41)73-54(61)37(7)8/h13-18,27-33H,1,3,5,7,9-12,19-26H2,2,4,6,8H3. The van der Waals surface area contributed by atoms with Crippen molar-refractivity contribution >= 4 is 35.8 Å². The maximum atomic E-state index is 15.0. The van der Waals surface area contributed by atoms with Crippen molar-refractivity contribution in [1.82, 2.24) is 0 Å². The van der Waals surface area contributed by atoms with Crippen LogP contribution in [0.2, 0.25) is 0 Å². The van der Waals surface area contributed by atoms with Crippen LogP contribution < -0.4 is 28.4 Å². The fraction of sp³-hybridized carbons (Fsp3) is 0.250. The largest absolute Gasteiger partial charge is 0.490 e. The number of hydrogen-bond acceptors (Lipinski definition) is 16. The summed E-state index contributed by atoms with van der Waals surface area (Å²) in [6.45, 7) is 27.1. The van der Waals surface area contributed by atoms with Gasteiger partial charge >= 0.3 is 35.8 Å². The van der Waals surface area contributed by atoms with Crippen molar-refractivity contribution in [2.45, 2.75) is 40.5 Å². The van der Waals surface area contributed by atoms with Crippen molar-refractivity contribution in [2.24, 2.45) is 0 Å². The van der Waals surface area contributed by atoms with E-state index in [9.17, 15) is 28.8 Å². The summed E-state index contributed by atoms with van der Waals surface area (Å²) in [5, 5.41) is 0. The van der Waals surface area contributed by atoms with Gasteiger partial charge in [0.2, 0.25) is 0 Å². The van der Waals surface area contributed by atoms with Crippen LogP contribution >= 0.6 is 0 Å². The van der Waals surface area contributed by atoms with Crippen LogP contribution in [0.5, 0.6) is 34.5 Å². The smallest absolute Gasteiger partial charge is 0.338 e. The van der Waals surface area contributed by atoms with Crippen LogP contribution in [0.3, 0.4) is 0 Å². The molecule has 16 nitrogen and oxygen atoms in total. The highest BCUT2D eigenvalue weighted by Crippen LogP contribution is 2.34. The molecule has 0 aliphatic carbocycles. The minimum Gasteiger partial charge on any atom is -0.490 e. The first-order valence-corrected chi connectivity index (χ1v) is 22.5. The molecule has 4 aromatic carbocycles. The lowest BCUT2D eigenvalue weighted by atomic mass is 10.0. The van der Waals surface area contributed by atoms with Gasteiger partial charge in [-0.05, 0) is 111 Å². The molecule has 0 fully saturated rings. The molecule has 0 aromatic heterocycles. The van der Waals surface area contributed by atoms with Gasteiger partial charge < -0.3 is 47.4 Å². The third kappa shape index (κ3) is 19.2. The van der Waals surface area contributed by atoms with Gasteiger partial charge in [0, 0.05) is 45.6 Å². The van der Waals surface area contributed by atoms with E-state index in [1.165, 1.54) is 45.0 Å². The molecular formula is C56H57FO16. The zero-order chi connectivity index (χ0) is 53.6. The second kappa shape index (κ2) is 28.2. The Kier molecular flexibility index (Phi) is 22.0. The first kappa shape index (κ1) is 56.9. The minimum atomic E-state index is -0.808. The topological polar surface area (TPSA) is 195 Å². The number of hydrogen-bond donors (Lipinski definition) is 0. The monoisotopic (exact) mass is 1000 g/mol. The van der Waals surface area contributed by atoms with Gasteiger partial charge in [0.05, 0.1) is 0 Å². The molecule has 0 atom stereocenters. The van der Waals surface area contributed by atoms with Crippen LogP contribution in [0.4, 0.5) is 4.39 Å². The molecule has 0 amide bonds. The molecule has 17 heteroatoms. The molecule has 0 saturated carbocycles. The summed E-state index contributed by atoms with van der Waals surface area (Å²) < 4.78 is 69.7. The molecule has 0 spiro atoms. The maximum absolute atomic E-state index is 15.0. The number of rotatable bonds is 29. The molecule has 0 aliphatic heterocycles. The van der Waals surface area contributed by atoms with Gasteiger partial charge in [-0.25, -0.2) is 33.2 Å². The van der Waals surface area contributed by atoms with Gasteiger partial charge in [0.15, 0.2) is 11.6 Å². The number of benzene rings is 4. The summed E-state index contributed by atoms with van der Waals surface area (Å²) >= 11 is 0. The third-order valence-electron chi connectivity index (χ3n) is 9.67. The SMILES string of the molecule is C=C(C)C(=O)OCCOc1cc(OCCOC(=O)C(=C)CCC(=C)C(=O)OCCOc2cc(OCCOC(=O)C(=C)C)cc(-c3ccc(OC(=O)C(=C)C)c(F)c3)c2)cc(-c2ccc(OC(=O)C(=C)C)cc2)c1. The Bertz CT molecular complexity index is 2770. The molecule has 4 rings (SSSR count). The van der Waals surface area contributed by atoms with Crippen molar-refractivity contribution < 1.29 is 80.5 Å². The van der Waals surface area contributed by atoms with Gasteiger partial charge in [-0.1, -0.05) is 57.7 Å². The summed E-state index contributed by atoms with van der Waals surface area (Å²) in [5.41, 5.74) is 3.20. The molecule has 0 saturated heterocycles. The number of esters is 6. The second-order valence-corrected chi connectivity index (χ2v) is 16.1. The predicted molar refractivity (Wildman–Crippen MR) is 268 cm³/mol. The zero-order valence-electron chi connectivity index (χ0n) is 41.2. The van der Waals surface area contributed by atoms with Crippen molar-refractivity contribution in [2.75, 3.05) is 52.9 Å². The summed E-state index contributed by atoms with van der Waals surface area (Å²) in [4.78, 5) is 73.1. The molecule has 73 heavy (non-hydrogen) atoms. The number of ether oxygens (including phenoxy) is 10. The average Bonchev–Trinajstić information content (AvgIpc) is 3.36. The van der Waals surface area contributed by atoms with Gasteiger partial charge in [0.1, 0.15) is 81.6 Å². The predicted octanol–water partition coefficient (Wildman–Crippen LogP) is 9.56. The van der Waals surface area contributed by atoms with E-state index in [-0.39, 0.29) is 116 Å². The highest BCUT2D eigenvalue weighted by molar-refractivity contribution is 5.91. The summed E-state index contributed by atoms with van der Waals surface area (Å²) in [7, 11) is 0. The van der Waals surface area contributed by atoms with Crippen molar-refractivity contribution in [3.63, 3.8) is 0 Å². The maximum Gasteiger partial charge on any atom is 0.338 e. The minimum absolute atomic E-state index is 0.0303. The summed E-state index contributed by atoms with van der Waals surface area (Å²) in [5.74, 6) is -3.39. The Hall–Kier alpha value is -8.73. The first-order valence-electron chi connectivity index (χ1n) is 22.5. The second-order valence-electron chi connectivity index (χ2n) is 16.1. The Balaban J connectivity index is 1.27. The lowest BCUT2D eigenvalue weighted by Crippen LogP contribution is -2.15. The van der Waals surface area contributed by atoms with Crippen molar-refractivity contribution in [3.05, 3.63) is 158 Å². The van der Waals surface area contributed by atoms with Crippen LogP contribution in [-0.4, -0.2) is 88.7 Å². The molecule has 0 unspecified atom stereocenters. The van der Waals surface area contributed by atoms with Crippen molar-refractivity contribution in [1.29, 1.82) is 0 Å². The van der Waals surface area contributed by atoms with E-state index in [1.807, 2.05) is 0 Å². The molecule has 0 N–H and O–H groups in total. The van der Waals surface area contributed by atoms with Gasteiger partial charge in [-0.2, -0.15) is 0 Å². The van der Waals surface area contributed by atoms with E-state index < -0.39 is 41.6 Å². The molecule has 0 bridgehead atoms. The molecule has 0 aliphatic rings. The van der Waals surface area contributed by atoms with E-state index in [0.717, 1.165) is 5.56 Å². The van der Waals surface area contributed by atoms with Gasteiger partial charge in [-0.3, -0.25) is 0 Å². The lowest BCUT2D eigenvalue weighted by molar-refractivity contribution is -0.141. The highest BCUT2D eigenvalue weighted by atomic mass is 19.1. The molecule has 384 valence electrons. The van der Waals surface area contributed by atoms with Crippen LogP contribution in [0.25, 0.3) is 22.3 Å². The van der Waals surface area contributed by atoms with Crippen LogP contribution in [0, 0.1) is 5.82 Å². The Morgan fingerprint density at radius 3 is 1.08 bits per heavy atom. The normalized spacial score (nSPS) is 10.4. The Morgan fingerprint density at radius 2 is 0.712 bits per heavy atom. The van der Waals surface area contributed by atoms with E-state index in [1.54, 1.807) is 61.5 Å². The Labute approximate surface area is 422 Å². The number of halogens is 1. The number of carbonyl (C=O) groups excluding carboxylic acids is 6. The average molecular weight is 1010 g/mol. The molecule has 4 aromatic rings. The summed E-state index contributed by atoms with van der Waals surface area (Å²) in [6.07, 6.45) is 0.0785. The van der Waals surface area contributed by atoms with Gasteiger partial charge in [0.25, 0.3) is 0 Å². The lowest BCUT2D eigenvalue weighted by Gasteiger charge is -2.14. The highest BCUT2D eigenvalue weighted by Gasteiger charge is 2.17. The third-order valence-corrected chi connectivity index (χ3v) is 9.67.